The molecule has 3 aromatic carbocycles. The van der Waals surface area contributed by atoms with Gasteiger partial charge in [-0.15, -0.1) is 0 Å². The van der Waals surface area contributed by atoms with Crippen LogP contribution >= 0.6 is 0 Å². The molecule has 0 fully saturated rings. The van der Waals surface area contributed by atoms with Gasteiger partial charge in [0.05, 0.1) is 36.7 Å². The molecule has 0 atom stereocenters. The Labute approximate surface area is 228 Å². The lowest BCUT2D eigenvalue weighted by Crippen LogP contribution is -2.26. The molecule has 5 rings (SSSR count). The lowest BCUT2D eigenvalue weighted by molar-refractivity contribution is 0.0585. The second-order valence-corrected chi connectivity index (χ2v) is 9.08. The van der Waals surface area contributed by atoms with Crippen molar-refractivity contribution in [3.05, 3.63) is 139 Å². The van der Waals surface area contributed by atoms with Gasteiger partial charge in [0, 0.05) is 5.92 Å². The highest BCUT2D eigenvalue weighted by Gasteiger charge is 2.36. The van der Waals surface area contributed by atoms with Crippen LogP contribution in [0, 0.1) is 6.92 Å². The van der Waals surface area contributed by atoms with E-state index in [4.69, 9.17) is 9.47 Å². The van der Waals surface area contributed by atoms with E-state index in [1.807, 2.05) is 19.1 Å². The standard InChI is InChI=1S/C30H26N4O6/c1-18-14-16-19(17-15-18)22(23-25(29(37)39-2)31-33(27(23)35)20-10-6-4-7-11-20)24-26(30(38)40-3)32-34(28(24)36)21-12-8-5-9-13-21/h4-17,22,31-32H,1-3H3. The fourth-order valence-electron chi connectivity index (χ4n) is 4.71. The molecular weight excluding hydrogens is 512 g/mol. The molecule has 0 aliphatic heterocycles. The molecule has 2 heterocycles. The number of nitrogens with one attached hydrogen (secondary N) is 2. The van der Waals surface area contributed by atoms with E-state index < -0.39 is 29.0 Å². The number of benzene rings is 3. The summed E-state index contributed by atoms with van der Waals surface area (Å²) in [6, 6.07) is 24.5. The Bertz CT molecular complexity index is 1680. The van der Waals surface area contributed by atoms with Crippen LogP contribution in [0.5, 0.6) is 0 Å². The summed E-state index contributed by atoms with van der Waals surface area (Å²) in [6.07, 6.45) is 0. The lowest BCUT2D eigenvalue weighted by atomic mass is 9.84. The Morgan fingerprint density at radius 2 is 1.05 bits per heavy atom. The highest BCUT2D eigenvalue weighted by molar-refractivity contribution is 5.91. The minimum Gasteiger partial charge on any atom is -0.464 e. The molecule has 2 N–H and O–H groups in total. The molecule has 0 saturated heterocycles. The molecule has 2 aromatic heterocycles. The van der Waals surface area contributed by atoms with E-state index in [1.54, 1.807) is 72.8 Å². The number of ether oxygens (including phenoxy) is 2. The van der Waals surface area contributed by atoms with Gasteiger partial charge in [-0.05, 0) is 36.8 Å². The van der Waals surface area contributed by atoms with Crippen molar-refractivity contribution in [2.75, 3.05) is 14.2 Å². The molecule has 0 aliphatic carbocycles. The van der Waals surface area contributed by atoms with Crippen LogP contribution in [-0.2, 0) is 9.47 Å². The quantitative estimate of drug-likeness (QED) is 0.304. The molecule has 10 heteroatoms. The molecule has 0 radical (unpaired) electrons. The zero-order valence-corrected chi connectivity index (χ0v) is 22.0. The van der Waals surface area contributed by atoms with Crippen LogP contribution in [0.2, 0.25) is 0 Å². The number of para-hydroxylation sites is 2. The number of aromatic amines is 2. The topological polar surface area (TPSA) is 128 Å². The third-order valence-electron chi connectivity index (χ3n) is 6.65. The van der Waals surface area contributed by atoms with Crippen molar-refractivity contribution in [1.82, 2.24) is 19.6 Å². The highest BCUT2D eigenvalue weighted by Crippen LogP contribution is 2.33. The van der Waals surface area contributed by atoms with Crippen LogP contribution in [0.25, 0.3) is 11.4 Å². The van der Waals surface area contributed by atoms with Crippen LogP contribution in [0.3, 0.4) is 0 Å². The maximum absolute atomic E-state index is 14.1. The Kier molecular flexibility index (Phi) is 7.07. The molecular formula is C30H26N4O6. The van der Waals surface area contributed by atoms with Crippen molar-refractivity contribution in [3.8, 4) is 11.4 Å². The van der Waals surface area contributed by atoms with Gasteiger partial charge in [0.15, 0.2) is 11.4 Å². The number of carbonyl (C=O) groups excluding carboxylic acids is 2. The number of nitrogens with zero attached hydrogens (tertiary/aromatic N) is 2. The summed E-state index contributed by atoms with van der Waals surface area (Å²) in [5.74, 6) is -2.76. The number of aryl methyl sites for hydroxylation is 1. The highest BCUT2D eigenvalue weighted by atomic mass is 16.5. The maximum Gasteiger partial charge on any atom is 0.356 e. The van der Waals surface area contributed by atoms with Crippen LogP contribution in [-0.4, -0.2) is 45.7 Å². The molecule has 0 bridgehead atoms. The first-order valence-corrected chi connectivity index (χ1v) is 12.4. The van der Waals surface area contributed by atoms with Crippen LogP contribution in [0.4, 0.5) is 0 Å². The number of aromatic nitrogens is 4. The van der Waals surface area contributed by atoms with Gasteiger partial charge in [-0.1, -0.05) is 66.2 Å². The number of esters is 2. The van der Waals surface area contributed by atoms with Crippen molar-refractivity contribution < 1.29 is 19.1 Å². The zero-order chi connectivity index (χ0) is 28.4. The van der Waals surface area contributed by atoms with Gasteiger partial charge in [-0.3, -0.25) is 19.8 Å². The fourth-order valence-corrected chi connectivity index (χ4v) is 4.71. The average molecular weight is 539 g/mol. The van der Waals surface area contributed by atoms with Crippen molar-refractivity contribution in [1.29, 1.82) is 0 Å². The SMILES string of the molecule is COC(=O)c1[nH]n(-c2ccccc2)c(=O)c1C(c1ccc(C)cc1)c1c(C(=O)OC)[nH]n(-c2ccccc2)c1=O. The molecule has 5 aromatic rings. The summed E-state index contributed by atoms with van der Waals surface area (Å²) >= 11 is 0. The van der Waals surface area contributed by atoms with Crippen LogP contribution in [0.15, 0.2) is 94.5 Å². The van der Waals surface area contributed by atoms with Crippen LogP contribution in [0.1, 0.15) is 49.1 Å². The van der Waals surface area contributed by atoms with E-state index in [1.165, 1.54) is 23.6 Å². The summed E-state index contributed by atoms with van der Waals surface area (Å²) < 4.78 is 12.5. The van der Waals surface area contributed by atoms with E-state index in [9.17, 15) is 19.2 Å². The van der Waals surface area contributed by atoms with Gasteiger partial charge in [0.1, 0.15) is 0 Å². The Balaban J connectivity index is 1.89. The summed E-state index contributed by atoms with van der Waals surface area (Å²) in [5, 5.41) is 5.73. The predicted molar refractivity (Wildman–Crippen MR) is 148 cm³/mol. The second kappa shape index (κ2) is 10.8. The summed E-state index contributed by atoms with van der Waals surface area (Å²) in [6.45, 7) is 1.90. The summed E-state index contributed by atoms with van der Waals surface area (Å²) in [4.78, 5) is 54.3. The van der Waals surface area contributed by atoms with E-state index in [0.29, 0.717) is 16.9 Å². The van der Waals surface area contributed by atoms with E-state index in [-0.39, 0.29) is 22.5 Å². The second-order valence-electron chi connectivity index (χ2n) is 9.08. The van der Waals surface area contributed by atoms with E-state index in [2.05, 4.69) is 10.2 Å². The number of rotatable bonds is 7. The van der Waals surface area contributed by atoms with Gasteiger partial charge in [0.2, 0.25) is 0 Å². The summed E-state index contributed by atoms with van der Waals surface area (Å²) in [7, 11) is 2.40. The Morgan fingerprint density at radius 3 is 1.43 bits per heavy atom. The van der Waals surface area contributed by atoms with Gasteiger partial charge in [-0.25, -0.2) is 19.0 Å². The molecule has 0 saturated carbocycles. The average Bonchev–Trinajstić information content (AvgIpc) is 3.51. The smallest absolute Gasteiger partial charge is 0.356 e. The molecule has 0 aliphatic rings. The molecule has 10 nitrogen and oxygen atoms in total. The van der Waals surface area contributed by atoms with Gasteiger partial charge < -0.3 is 9.47 Å². The lowest BCUT2D eigenvalue weighted by Gasteiger charge is -2.16. The Hall–Kier alpha value is -5.38. The predicted octanol–water partition coefficient (Wildman–Crippen LogP) is 3.71. The Morgan fingerprint density at radius 1 is 0.650 bits per heavy atom. The van der Waals surface area contributed by atoms with E-state index >= 15 is 0 Å². The molecule has 0 spiro atoms. The van der Waals surface area contributed by atoms with E-state index in [0.717, 1.165) is 5.56 Å². The number of hydrogen-bond acceptors (Lipinski definition) is 6. The monoisotopic (exact) mass is 538 g/mol. The minimum absolute atomic E-state index is 0.0546. The van der Waals surface area contributed by atoms with Crippen molar-refractivity contribution in [3.63, 3.8) is 0 Å². The van der Waals surface area contributed by atoms with Gasteiger partial charge >= 0.3 is 11.9 Å². The molecule has 202 valence electrons. The fraction of sp³-hybridized carbons (Fsp3) is 0.133. The maximum atomic E-state index is 14.1. The van der Waals surface area contributed by atoms with Gasteiger partial charge in [-0.2, -0.15) is 0 Å². The van der Waals surface area contributed by atoms with Crippen molar-refractivity contribution >= 4 is 11.9 Å². The first-order valence-electron chi connectivity index (χ1n) is 12.4. The minimum atomic E-state index is -1.15. The number of H-pyrrole nitrogens is 2. The molecule has 40 heavy (non-hydrogen) atoms. The first-order chi connectivity index (χ1) is 19.3. The van der Waals surface area contributed by atoms with Crippen LogP contribution < -0.4 is 11.1 Å². The van der Waals surface area contributed by atoms with Crippen molar-refractivity contribution in [2.24, 2.45) is 0 Å². The third-order valence-corrected chi connectivity index (χ3v) is 6.65. The summed E-state index contributed by atoms with van der Waals surface area (Å²) in [5.41, 5.74) is 0.811. The first kappa shape index (κ1) is 26.2. The largest absolute Gasteiger partial charge is 0.464 e. The number of methoxy groups -OCH3 is 2. The molecule has 0 amide bonds. The van der Waals surface area contributed by atoms with Gasteiger partial charge in [0.25, 0.3) is 11.1 Å². The molecule has 0 unspecified atom stereocenters. The third kappa shape index (κ3) is 4.55. The number of hydrogen-bond donors (Lipinski definition) is 2. The number of carbonyl (C=O) groups is 2. The normalized spacial score (nSPS) is 11.0. The van der Waals surface area contributed by atoms with Crippen molar-refractivity contribution in [2.45, 2.75) is 12.8 Å². The zero-order valence-electron chi connectivity index (χ0n) is 22.0.